The summed E-state index contributed by atoms with van der Waals surface area (Å²) in [6.45, 7) is 1.89. The van der Waals surface area contributed by atoms with E-state index in [1.54, 1.807) is 10.7 Å². The molecule has 20 heavy (non-hydrogen) atoms. The van der Waals surface area contributed by atoms with Gasteiger partial charge >= 0.3 is 0 Å². The van der Waals surface area contributed by atoms with Gasteiger partial charge in [-0.25, -0.2) is 4.39 Å². The SMILES string of the molecule is COc1ccc(C(=O)CSc2cc(C)nn2C)cc1F. The topological polar surface area (TPSA) is 44.1 Å². The second-order valence-electron chi connectivity index (χ2n) is 4.31. The van der Waals surface area contributed by atoms with Crippen LogP contribution in [0.25, 0.3) is 0 Å². The van der Waals surface area contributed by atoms with Crippen molar-refractivity contribution in [1.29, 1.82) is 0 Å². The molecule has 0 amide bonds. The van der Waals surface area contributed by atoms with Crippen molar-refractivity contribution in [2.45, 2.75) is 11.9 Å². The summed E-state index contributed by atoms with van der Waals surface area (Å²) >= 11 is 1.38. The smallest absolute Gasteiger partial charge is 0.173 e. The van der Waals surface area contributed by atoms with E-state index in [1.807, 2.05) is 20.0 Å². The summed E-state index contributed by atoms with van der Waals surface area (Å²) < 4.78 is 20.1. The highest BCUT2D eigenvalue weighted by Gasteiger charge is 2.12. The molecule has 2 rings (SSSR count). The number of carbonyl (C=O) groups is 1. The van der Waals surface area contributed by atoms with Gasteiger partial charge in [-0.3, -0.25) is 9.48 Å². The fourth-order valence-electron chi connectivity index (χ4n) is 1.78. The summed E-state index contributed by atoms with van der Waals surface area (Å²) in [5.74, 6) is -0.281. The number of rotatable bonds is 5. The van der Waals surface area contributed by atoms with Crippen molar-refractivity contribution in [2.24, 2.45) is 7.05 Å². The van der Waals surface area contributed by atoms with Crippen LogP contribution in [0.4, 0.5) is 4.39 Å². The van der Waals surface area contributed by atoms with Gasteiger partial charge in [0.2, 0.25) is 0 Å². The molecule has 0 unspecified atom stereocenters. The Bertz CT molecular complexity index is 640. The van der Waals surface area contributed by atoms with Crippen LogP contribution in [-0.4, -0.2) is 28.4 Å². The predicted molar refractivity (Wildman–Crippen MR) is 76.0 cm³/mol. The largest absolute Gasteiger partial charge is 0.494 e. The first-order valence-electron chi connectivity index (χ1n) is 6.01. The van der Waals surface area contributed by atoms with Gasteiger partial charge in [0.1, 0.15) is 0 Å². The fourth-order valence-corrected chi connectivity index (χ4v) is 2.71. The maximum atomic E-state index is 13.5. The molecule has 2 aromatic rings. The Hall–Kier alpha value is -1.82. The number of halogens is 1. The third kappa shape index (κ3) is 3.19. The molecule has 0 spiro atoms. The maximum absolute atomic E-state index is 13.5. The van der Waals surface area contributed by atoms with Crippen molar-refractivity contribution >= 4 is 17.5 Å². The minimum absolute atomic E-state index is 0.129. The van der Waals surface area contributed by atoms with E-state index >= 15 is 0 Å². The van der Waals surface area contributed by atoms with Crippen LogP contribution in [0.15, 0.2) is 29.3 Å². The van der Waals surface area contributed by atoms with Gasteiger partial charge in [-0.1, -0.05) is 11.8 Å². The van der Waals surface area contributed by atoms with Crippen LogP contribution in [-0.2, 0) is 7.05 Å². The van der Waals surface area contributed by atoms with Crippen LogP contribution in [0.3, 0.4) is 0 Å². The minimum Gasteiger partial charge on any atom is -0.494 e. The second kappa shape index (κ2) is 6.09. The van der Waals surface area contributed by atoms with Gasteiger partial charge in [0, 0.05) is 12.6 Å². The number of methoxy groups -OCH3 is 1. The van der Waals surface area contributed by atoms with E-state index in [9.17, 15) is 9.18 Å². The molecule has 0 aliphatic carbocycles. The highest BCUT2D eigenvalue weighted by Crippen LogP contribution is 2.22. The summed E-state index contributed by atoms with van der Waals surface area (Å²) in [6.07, 6.45) is 0. The van der Waals surface area contributed by atoms with Gasteiger partial charge in [-0.2, -0.15) is 5.10 Å². The highest BCUT2D eigenvalue weighted by molar-refractivity contribution is 7.99. The molecule has 0 fully saturated rings. The van der Waals surface area contributed by atoms with Crippen molar-refractivity contribution in [3.05, 3.63) is 41.3 Å². The molecule has 0 saturated carbocycles. The van der Waals surface area contributed by atoms with Crippen LogP contribution in [0, 0.1) is 12.7 Å². The number of thioether (sulfide) groups is 1. The van der Waals surface area contributed by atoms with E-state index in [2.05, 4.69) is 5.10 Å². The van der Waals surface area contributed by atoms with Crippen molar-refractivity contribution < 1.29 is 13.9 Å². The van der Waals surface area contributed by atoms with Crippen LogP contribution in [0.1, 0.15) is 16.1 Å². The standard InChI is InChI=1S/C14H15FN2O2S/c1-9-6-14(17(2)16-9)20-8-12(18)10-4-5-13(19-3)11(15)7-10/h4-7H,8H2,1-3H3. The summed E-state index contributed by atoms with van der Waals surface area (Å²) in [5.41, 5.74) is 1.24. The summed E-state index contributed by atoms with van der Waals surface area (Å²) in [5, 5.41) is 5.11. The zero-order valence-electron chi connectivity index (χ0n) is 11.5. The lowest BCUT2D eigenvalue weighted by molar-refractivity contribution is 0.102. The number of hydrogen-bond donors (Lipinski definition) is 0. The number of ketones is 1. The number of aryl methyl sites for hydroxylation is 2. The van der Waals surface area contributed by atoms with Crippen LogP contribution < -0.4 is 4.74 Å². The van der Waals surface area contributed by atoms with E-state index in [0.29, 0.717) is 5.56 Å². The molecule has 0 saturated heterocycles. The first-order chi connectivity index (χ1) is 9.51. The normalized spacial score (nSPS) is 10.6. The van der Waals surface area contributed by atoms with E-state index in [4.69, 9.17) is 4.74 Å². The lowest BCUT2D eigenvalue weighted by atomic mass is 10.1. The Kier molecular flexibility index (Phi) is 4.44. The molecule has 6 heteroatoms. The maximum Gasteiger partial charge on any atom is 0.173 e. The lowest BCUT2D eigenvalue weighted by Gasteiger charge is -2.05. The van der Waals surface area contributed by atoms with Crippen molar-refractivity contribution in [3.8, 4) is 5.75 Å². The van der Waals surface area contributed by atoms with E-state index in [-0.39, 0.29) is 17.3 Å². The summed E-state index contributed by atoms with van der Waals surface area (Å²) in [6, 6.07) is 6.14. The van der Waals surface area contributed by atoms with Gasteiger partial charge < -0.3 is 4.74 Å². The Morgan fingerprint density at radius 3 is 2.75 bits per heavy atom. The van der Waals surface area contributed by atoms with Gasteiger partial charge in [0.15, 0.2) is 17.3 Å². The third-order valence-corrected chi connectivity index (χ3v) is 3.87. The van der Waals surface area contributed by atoms with Crippen LogP contribution >= 0.6 is 11.8 Å². The Balaban J connectivity index is 2.05. The number of aromatic nitrogens is 2. The van der Waals surface area contributed by atoms with E-state index < -0.39 is 5.82 Å². The number of nitrogens with zero attached hydrogens (tertiary/aromatic N) is 2. The molecule has 4 nitrogen and oxygen atoms in total. The molecule has 0 atom stereocenters. The summed E-state index contributed by atoms with van der Waals surface area (Å²) in [4.78, 5) is 12.0. The first-order valence-corrected chi connectivity index (χ1v) is 7.00. The zero-order chi connectivity index (χ0) is 14.7. The fraction of sp³-hybridized carbons (Fsp3) is 0.286. The molecule has 1 heterocycles. The predicted octanol–water partition coefficient (Wildman–Crippen LogP) is 2.85. The quantitative estimate of drug-likeness (QED) is 0.628. The Labute approximate surface area is 120 Å². The number of ether oxygens (including phenoxy) is 1. The molecular formula is C14H15FN2O2S. The molecule has 0 aliphatic heterocycles. The van der Waals surface area contributed by atoms with Gasteiger partial charge in [0.25, 0.3) is 0 Å². The molecule has 106 valence electrons. The number of benzene rings is 1. The lowest BCUT2D eigenvalue weighted by Crippen LogP contribution is -2.04. The first kappa shape index (κ1) is 14.6. The Morgan fingerprint density at radius 2 is 2.20 bits per heavy atom. The third-order valence-electron chi connectivity index (χ3n) is 2.78. The van der Waals surface area contributed by atoms with Crippen molar-refractivity contribution in [2.75, 3.05) is 12.9 Å². The molecule has 1 aromatic heterocycles. The highest BCUT2D eigenvalue weighted by atomic mass is 32.2. The second-order valence-corrected chi connectivity index (χ2v) is 5.30. The number of hydrogen-bond acceptors (Lipinski definition) is 4. The van der Waals surface area contributed by atoms with Crippen LogP contribution in [0.5, 0.6) is 5.75 Å². The van der Waals surface area contributed by atoms with Crippen molar-refractivity contribution in [3.63, 3.8) is 0 Å². The molecule has 0 bridgehead atoms. The minimum atomic E-state index is -0.528. The molecular weight excluding hydrogens is 279 g/mol. The van der Waals surface area contributed by atoms with Crippen LogP contribution in [0.2, 0.25) is 0 Å². The monoisotopic (exact) mass is 294 g/mol. The summed E-state index contributed by atoms with van der Waals surface area (Å²) in [7, 11) is 3.22. The molecule has 1 aromatic carbocycles. The van der Waals surface area contributed by atoms with Gasteiger partial charge in [0.05, 0.1) is 23.6 Å². The van der Waals surface area contributed by atoms with Gasteiger partial charge in [-0.05, 0) is 31.2 Å². The van der Waals surface area contributed by atoms with Crippen molar-refractivity contribution in [1.82, 2.24) is 9.78 Å². The van der Waals surface area contributed by atoms with Gasteiger partial charge in [-0.15, -0.1) is 0 Å². The molecule has 0 N–H and O–H groups in total. The van der Waals surface area contributed by atoms with E-state index in [1.165, 1.54) is 31.0 Å². The molecule has 0 radical (unpaired) electrons. The van der Waals surface area contributed by atoms with E-state index in [0.717, 1.165) is 10.7 Å². The average molecular weight is 294 g/mol. The zero-order valence-corrected chi connectivity index (χ0v) is 12.3. The Morgan fingerprint density at radius 1 is 1.45 bits per heavy atom. The number of Topliss-reactive ketones (excluding diaryl/α,β-unsaturated/α-hetero) is 1. The number of carbonyl (C=O) groups excluding carboxylic acids is 1. The average Bonchev–Trinajstić information content (AvgIpc) is 2.74. The molecule has 0 aliphatic rings.